The Morgan fingerprint density at radius 3 is 2.79 bits per heavy atom. The van der Waals surface area contributed by atoms with Gasteiger partial charge in [0.25, 0.3) is 5.56 Å². The van der Waals surface area contributed by atoms with Crippen LogP contribution < -0.4 is 16.7 Å². The number of nitrogens with one attached hydrogen (secondary N) is 2. The fourth-order valence-corrected chi connectivity index (χ4v) is 1.00. The van der Waals surface area contributed by atoms with Gasteiger partial charge >= 0.3 is 11.7 Å². The van der Waals surface area contributed by atoms with Gasteiger partial charge in [0.05, 0.1) is 6.42 Å². The number of rotatable bonds is 3. The number of hydrogen-bond acceptors (Lipinski definition) is 4. The van der Waals surface area contributed by atoms with Gasteiger partial charge in [0.15, 0.2) is 0 Å². The largest absolute Gasteiger partial charge is 0.481 e. The quantitative estimate of drug-likeness (QED) is 0.540. The molecule has 1 aromatic heterocycles. The highest BCUT2D eigenvalue weighted by Gasteiger charge is 2.08. The number of aromatic nitrogens is 2. The zero-order valence-electron chi connectivity index (χ0n) is 7.40. The molecular weight excluding hydrogens is 190 g/mol. The van der Waals surface area contributed by atoms with E-state index in [1.165, 1.54) is 7.05 Å². The summed E-state index contributed by atoms with van der Waals surface area (Å²) >= 11 is 0. The summed E-state index contributed by atoms with van der Waals surface area (Å²) in [7, 11) is 1.39. The van der Waals surface area contributed by atoms with E-state index in [4.69, 9.17) is 5.11 Å². The molecule has 0 spiro atoms. The Bertz CT molecular complexity index is 459. The van der Waals surface area contributed by atoms with Gasteiger partial charge in [-0.05, 0) is 0 Å². The Morgan fingerprint density at radius 2 is 2.29 bits per heavy atom. The van der Waals surface area contributed by atoms with Crippen molar-refractivity contribution in [3.63, 3.8) is 0 Å². The van der Waals surface area contributed by atoms with E-state index in [9.17, 15) is 14.4 Å². The fourth-order valence-electron chi connectivity index (χ4n) is 1.00. The van der Waals surface area contributed by atoms with E-state index in [0.717, 1.165) is 6.20 Å². The van der Waals surface area contributed by atoms with Gasteiger partial charge < -0.3 is 15.5 Å². The summed E-state index contributed by atoms with van der Waals surface area (Å²) < 4.78 is 0.707. The molecule has 3 N–H and O–H groups in total. The van der Waals surface area contributed by atoms with Crippen LogP contribution in [0.2, 0.25) is 0 Å². The average Bonchev–Trinajstić information content (AvgIpc) is 2.10. The summed E-state index contributed by atoms with van der Waals surface area (Å²) in [5, 5.41) is 8.46. The third kappa shape index (κ3) is 1.82. The van der Waals surface area contributed by atoms with Crippen LogP contribution in [0.3, 0.4) is 0 Å². The van der Waals surface area contributed by atoms with Gasteiger partial charge in [-0.1, -0.05) is 0 Å². The summed E-state index contributed by atoms with van der Waals surface area (Å²) in [4.78, 5) is 35.0. The molecule has 0 amide bonds. The Balaban J connectivity index is 3.29. The van der Waals surface area contributed by atoms with E-state index in [1.54, 1.807) is 0 Å². The number of carboxylic acid groups (broad SMARTS) is 1. The number of aliphatic carboxylic acids is 1. The van der Waals surface area contributed by atoms with Crippen LogP contribution >= 0.6 is 0 Å². The fraction of sp³-hybridized carbons (Fsp3) is 0.286. The van der Waals surface area contributed by atoms with E-state index in [1.807, 2.05) is 0 Å². The molecule has 0 unspecified atom stereocenters. The summed E-state index contributed by atoms with van der Waals surface area (Å²) in [5.74, 6) is -1.13. The molecule has 1 rings (SSSR count). The Hall–Kier alpha value is -2.05. The summed E-state index contributed by atoms with van der Waals surface area (Å²) in [6.07, 6.45) is 0.684. The molecular formula is C7H9N3O4. The third-order valence-corrected chi connectivity index (χ3v) is 1.62. The van der Waals surface area contributed by atoms with Crippen LogP contribution in [0.4, 0.5) is 0 Å². The van der Waals surface area contributed by atoms with E-state index >= 15 is 0 Å². The van der Waals surface area contributed by atoms with E-state index in [-0.39, 0.29) is 5.56 Å². The molecule has 0 aliphatic heterocycles. The minimum atomic E-state index is -1.13. The molecule has 7 heteroatoms. The number of nitrogens with zero attached hydrogens (tertiary/aromatic N) is 1. The topological polar surface area (TPSA) is 104 Å². The molecule has 76 valence electrons. The van der Waals surface area contributed by atoms with Crippen LogP contribution in [0, 0.1) is 0 Å². The lowest BCUT2D eigenvalue weighted by Gasteiger charge is -2.03. The molecule has 0 atom stereocenters. The van der Waals surface area contributed by atoms with Crippen molar-refractivity contribution in [2.45, 2.75) is 6.42 Å². The van der Waals surface area contributed by atoms with Crippen LogP contribution in [0.15, 0.2) is 15.8 Å². The van der Waals surface area contributed by atoms with Crippen LogP contribution in [-0.4, -0.2) is 27.8 Å². The first-order chi connectivity index (χ1) is 6.56. The molecule has 0 aliphatic carbocycles. The molecule has 0 fully saturated rings. The van der Waals surface area contributed by atoms with Gasteiger partial charge in [-0.2, -0.15) is 4.68 Å². The van der Waals surface area contributed by atoms with Gasteiger partial charge in [-0.25, -0.2) is 4.79 Å². The van der Waals surface area contributed by atoms with E-state index in [2.05, 4.69) is 10.4 Å². The molecule has 7 nitrogen and oxygen atoms in total. The first-order valence-electron chi connectivity index (χ1n) is 3.79. The van der Waals surface area contributed by atoms with Crippen molar-refractivity contribution in [1.29, 1.82) is 0 Å². The second-order valence-electron chi connectivity index (χ2n) is 2.55. The van der Waals surface area contributed by atoms with E-state index in [0.29, 0.717) is 4.68 Å². The molecule has 0 saturated carbocycles. The monoisotopic (exact) mass is 199 g/mol. The molecule has 0 radical (unpaired) electrons. The predicted octanol–water partition coefficient (Wildman–Crippen LogP) is -1.66. The lowest BCUT2D eigenvalue weighted by Crippen LogP contribution is -2.41. The lowest BCUT2D eigenvalue weighted by atomic mass is 10.2. The van der Waals surface area contributed by atoms with Gasteiger partial charge in [-0.3, -0.25) is 9.59 Å². The lowest BCUT2D eigenvalue weighted by molar-refractivity contribution is -0.136. The van der Waals surface area contributed by atoms with E-state index < -0.39 is 23.6 Å². The second kappa shape index (κ2) is 3.77. The van der Waals surface area contributed by atoms with Crippen molar-refractivity contribution in [1.82, 2.24) is 9.66 Å². The van der Waals surface area contributed by atoms with Gasteiger partial charge in [0, 0.05) is 18.8 Å². The maximum atomic E-state index is 11.4. The van der Waals surface area contributed by atoms with Crippen molar-refractivity contribution in [2.24, 2.45) is 0 Å². The zero-order chi connectivity index (χ0) is 10.7. The third-order valence-electron chi connectivity index (χ3n) is 1.62. The van der Waals surface area contributed by atoms with Crippen LogP contribution in [0.25, 0.3) is 0 Å². The summed E-state index contributed by atoms with van der Waals surface area (Å²) in [6, 6.07) is 0. The SMILES string of the molecule is CNn1c(=O)[nH]cc(CC(=O)O)c1=O. The predicted molar refractivity (Wildman–Crippen MR) is 47.9 cm³/mol. The number of carboxylic acids is 1. The minimum absolute atomic E-state index is 0.0199. The smallest absolute Gasteiger partial charge is 0.347 e. The Labute approximate surface area is 78.0 Å². The van der Waals surface area contributed by atoms with Crippen molar-refractivity contribution in [2.75, 3.05) is 12.5 Å². The number of hydrogen-bond donors (Lipinski definition) is 3. The zero-order valence-corrected chi connectivity index (χ0v) is 7.40. The maximum absolute atomic E-state index is 11.4. The Kier molecular flexibility index (Phi) is 2.70. The molecule has 14 heavy (non-hydrogen) atoms. The summed E-state index contributed by atoms with van der Waals surface area (Å²) in [6.45, 7) is 0. The van der Waals surface area contributed by atoms with Crippen molar-refractivity contribution in [3.05, 3.63) is 32.6 Å². The van der Waals surface area contributed by atoms with Crippen molar-refractivity contribution < 1.29 is 9.90 Å². The molecule has 0 aromatic carbocycles. The van der Waals surface area contributed by atoms with Gasteiger partial charge in [0.2, 0.25) is 0 Å². The normalized spacial score (nSPS) is 9.79. The minimum Gasteiger partial charge on any atom is -0.481 e. The van der Waals surface area contributed by atoms with Crippen LogP contribution in [0.5, 0.6) is 0 Å². The molecule has 0 aliphatic rings. The second-order valence-corrected chi connectivity index (χ2v) is 2.55. The van der Waals surface area contributed by atoms with Crippen molar-refractivity contribution in [3.8, 4) is 0 Å². The average molecular weight is 199 g/mol. The number of aromatic amines is 1. The summed E-state index contributed by atoms with van der Waals surface area (Å²) in [5.41, 5.74) is 1.08. The highest BCUT2D eigenvalue weighted by Crippen LogP contribution is 1.86. The molecule has 0 saturated heterocycles. The Morgan fingerprint density at radius 1 is 1.64 bits per heavy atom. The number of carbonyl (C=O) groups is 1. The highest BCUT2D eigenvalue weighted by atomic mass is 16.4. The molecule has 0 bridgehead atoms. The number of H-pyrrole nitrogens is 1. The van der Waals surface area contributed by atoms with Crippen LogP contribution in [0.1, 0.15) is 5.56 Å². The van der Waals surface area contributed by atoms with Gasteiger partial charge in [0.1, 0.15) is 0 Å². The first kappa shape index (κ1) is 10.0. The first-order valence-corrected chi connectivity index (χ1v) is 3.79. The van der Waals surface area contributed by atoms with Crippen molar-refractivity contribution >= 4 is 5.97 Å². The highest BCUT2D eigenvalue weighted by molar-refractivity contribution is 5.69. The standard InChI is InChI=1S/C7H9N3O4/c1-8-10-6(13)4(2-5(11)12)3-9-7(10)14/h3,8H,2H2,1H3,(H,9,14)(H,11,12). The van der Waals surface area contributed by atoms with Crippen LogP contribution in [-0.2, 0) is 11.2 Å². The maximum Gasteiger partial charge on any atom is 0.347 e. The molecule has 1 aromatic rings. The van der Waals surface area contributed by atoms with Gasteiger partial charge in [-0.15, -0.1) is 0 Å². The molecule has 1 heterocycles.